The average Bonchev–Trinajstić information content (AvgIpc) is 3.88. The zero-order chi connectivity index (χ0) is 49.8. The maximum Gasteiger partial charge on any atom is 0.244 e. The first-order chi connectivity index (χ1) is 33.1. The number of hydrogen-bond acceptors (Lipinski definition) is 14. The minimum atomic E-state index is -0.00463. The third kappa shape index (κ3) is 13.7. The molecule has 70 heavy (non-hydrogen) atoms. The molecule has 0 aliphatic carbocycles. The van der Waals surface area contributed by atoms with Crippen molar-refractivity contribution in [2.75, 3.05) is 93.7 Å². The summed E-state index contributed by atoms with van der Waals surface area (Å²) >= 11 is 23.3. The van der Waals surface area contributed by atoms with Gasteiger partial charge in [0.25, 0.3) is 0 Å². The fourth-order valence-corrected chi connectivity index (χ4v) is 8.13. The van der Waals surface area contributed by atoms with Crippen molar-refractivity contribution in [3.05, 3.63) is 111 Å². The number of carbonyl (C=O) groups excluding carboxylic acids is 2. The number of nitrogens with two attached hydrogens (primary N) is 2. The van der Waals surface area contributed by atoms with E-state index in [0.717, 1.165) is 65.4 Å². The second-order valence-electron chi connectivity index (χ2n) is 15.7. The van der Waals surface area contributed by atoms with Crippen LogP contribution in [0, 0.1) is 32.1 Å². The monoisotopic (exact) mass is 1030 g/mol. The maximum atomic E-state index is 12.8. The summed E-state index contributed by atoms with van der Waals surface area (Å²) in [6.07, 6.45) is 0. The number of fused-ring (bicyclic) bond motifs is 2. The number of alkyl halides is 1. The number of nitrogens with one attached hydrogen (secondary N) is 1. The van der Waals surface area contributed by atoms with E-state index in [4.69, 9.17) is 72.6 Å². The molecule has 0 atom stereocenters. The fourth-order valence-electron chi connectivity index (χ4n) is 7.33. The molecule has 7 aromatic rings. The minimum Gasteiger partial charge on any atom is -0.495 e. The maximum absolute atomic E-state index is 12.8. The summed E-state index contributed by atoms with van der Waals surface area (Å²) in [6, 6.07) is 24.4. The Labute approximate surface area is 427 Å². The van der Waals surface area contributed by atoms with E-state index in [1.165, 1.54) is 0 Å². The van der Waals surface area contributed by atoms with E-state index < -0.39 is 0 Å². The van der Waals surface area contributed by atoms with Crippen LogP contribution in [0.25, 0.3) is 22.1 Å². The molecule has 5 N–H and O–H groups in total. The number of nitrogens with zero attached hydrogens (tertiary/aromatic N) is 11. The molecule has 2 aliphatic rings. The summed E-state index contributed by atoms with van der Waals surface area (Å²) in [5.41, 5.74) is 18.0. The van der Waals surface area contributed by atoms with E-state index in [0.29, 0.717) is 76.2 Å². The quantitative estimate of drug-likeness (QED) is 0.102. The number of amides is 2. The van der Waals surface area contributed by atoms with Crippen LogP contribution in [0.5, 0.6) is 11.5 Å². The van der Waals surface area contributed by atoms with Crippen LogP contribution >= 0.6 is 46.4 Å². The van der Waals surface area contributed by atoms with Crippen LogP contribution in [-0.4, -0.2) is 129 Å². The molecule has 7 heterocycles. The molecule has 9 rings (SSSR count). The zero-order valence-corrected chi connectivity index (χ0v) is 41.7. The number of nitriles is 1. The SMILES string of the molecule is C.COc1cc(N2CCN(C(=O)CCl)CC2)ccc1Cl.COc1cc(N2CCN(C(=O)Cn3nc(N)c4ccc(C)nc43)CC2)ccc1Cl.Cc1ccc(C#N)c(Cl)n1.Cc1ccc2c(N)[nH]nc2n1. The highest BCUT2D eigenvalue weighted by molar-refractivity contribution is 6.32. The van der Waals surface area contributed by atoms with Crippen molar-refractivity contribution in [3.63, 3.8) is 0 Å². The van der Waals surface area contributed by atoms with Gasteiger partial charge in [-0.05, 0) is 81.4 Å². The Morgan fingerprint density at radius 3 is 1.71 bits per heavy atom. The molecular formula is C48H56Cl4N14O4. The predicted octanol–water partition coefficient (Wildman–Crippen LogP) is 7.97. The van der Waals surface area contributed by atoms with Crippen LogP contribution in [-0.2, 0) is 16.1 Å². The van der Waals surface area contributed by atoms with Crippen LogP contribution < -0.4 is 30.7 Å². The summed E-state index contributed by atoms with van der Waals surface area (Å²) in [7, 11) is 3.20. The van der Waals surface area contributed by atoms with Crippen LogP contribution in [0.4, 0.5) is 23.0 Å². The zero-order valence-electron chi connectivity index (χ0n) is 38.7. The molecule has 0 unspecified atom stereocenters. The number of anilines is 4. The summed E-state index contributed by atoms with van der Waals surface area (Å²) in [5, 5.41) is 22.4. The van der Waals surface area contributed by atoms with E-state index in [1.807, 2.05) is 92.4 Å². The molecule has 0 saturated carbocycles. The number of piperazine rings is 2. The van der Waals surface area contributed by atoms with Gasteiger partial charge in [-0.1, -0.05) is 42.2 Å². The van der Waals surface area contributed by atoms with E-state index in [-0.39, 0.29) is 36.8 Å². The van der Waals surface area contributed by atoms with E-state index in [2.05, 4.69) is 40.0 Å². The van der Waals surface area contributed by atoms with Gasteiger partial charge in [0.2, 0.25) is 11.8 Å². The van der Waals surface area contributed by atoms with Crippen molar-refractivity contribution < 1.29 is 19.1 Å². The number of hydrogen-bond donors (Lipinski definition) is 3. The highest BCUT2D eigenvalue weighted by Crippen LogP contribution is 2.31. The van der Waals surface area contributed by atoms with Crippen molar-refractivity contribution in [2.45, 2.75) is 34.7 Å². The molecule has 370 valence electrons. The molecule has 2 saturated heterocycles. The molecular weight excluding hydrogens is 978 g/mol. The van der Waals surface area contributed by atoms with E-state index in [9.17, 15) is 9.59 Å². The lowest BCUT2D eigenvalue weighted by atomic mass is 10.2. The van der Waals surface area contributed by atoms with Crippen LogP contribution in [0.2, 0.25) is 15.2 Å². The van der Waals surface area contributed by atoms with Gasteiger partial charge >= 0.3 is 0 Å². The second kappa shape index (κ2) is 25.2. The van der Waals surface area contributed by atoms with E-state index in [1.54, 1.807) is 35.9 Å². The van der Waals surface area contributed by atoms with Crippen molar-refractivity contribution in [3.8, 4) is 17.6 Å². The van der Waals surface area contributed by atoms with Crippen molar-refractivity contribution in [2.24, 2.45) is 0 Å². The Morgan fingerprint density at radius 2 is 1.20 bits per heavy atom. The summed E-state index contributed by atoms with van der Waals surface area (Å²) in [4.78, 5) is 44.9. The van der Waals surface area contributed by atoms with E-state index >= 15 is 0 Å². The molecule has 0 bridgehead atoms. The highest BCUT2D eigenvalue weighted by Gasteiger charge is 2.24. The molecule has 2 aromatic carbocycles. The van der Waals surface area contributed by atoms with Gasteiger partial charge in [0.1, 0.15) is 41.0 Å². The van der Waals surface area contributed by atoms with Crippen molar-refractivity contribution in [1.82, 2.24) is 44.7 Å². The van der Waals surface area contributed by atoms with Crippen molar-refractivity contribution >= 4 is 103 Å². The minimum absolute atomic E-state index is 0. The van der Waals surface area contributed by atoms with Crippen LogP contribution in [0.3, 0.4) is 0 Å². The summed E-state index contributed by atoms with van der Waals surface area (Å²) < 4.78 is 12.1. The smallest absolute Gasteiger partial charge is 0.244 e. The predicted molar refractivity (Wildman–Crippen MR) is 279 cm³/mol. The lowest BCUT2D eigenvalue weighted by molar-refractivity contribution is -0.132. The average molecular weight is 1030 g/mol. The molecule has 2 fully saturated rings. The first kappa shape index (κ1) is 54.2. The third-order valence-corrected chi connectivity index (χ3v) is 12.3. The number of methoxy groups -OCH3 is 2. The normalized spacial score (nSPS) is 13.1. The third-order valence-electron chi connectivity index (χ3n) is 11.1. The number of pyridine rings is 3. The highest BCUT2D eigenvalue weighted by atomic mass is 35.5. The Hall–Kier alpha value is -6.78. The number of ether oxygens (including phenoxy) is 2. The molecule has 18 nitrogen and oxygen atoms in total. The first-order valence-electron chi connectivity index (χ1n) is 21.6. The molecule has 5 aromatic heterocycles. The Bertz CT molecular complexity index is 2950. The number of aromatic amines is 1. The molecule has 22 heteroatoms. The molecule has 2 aliphatic heterocycles. The van der Waals surface area contributed by atoms with Gasteiger partial charge < -0.3 is 40.5 Å². The van der Waals surface area contributed by atoms with Crippen LogP contribution in [0.15, 0.2) is 72.8 Å². The van der Waals surface area contributed by atoms with Crippen molar-refractivity contribution in [1.29, 1.82) is 5.26 Å². The first-order valence-corrected chi connectivity index (χ1v) is 23.3. The molecule has 0 spiro atoms. The topological polar surface area (TPSA) is 227 Å². The number of carbonyl (C=O) groups is 2. The number of H-pyrrole nitrogens is 1. The lowest BCUT2D eigenvalue weighted by Crippen LogP contribution is -2.49. The number of aryl methyl sites for hydroxylation is 3. The van der Waals surface area contributed by atoms with Gasteiger partial charge in [-0.2, -0.15) is 15.5 Å². The van der Waals surface area contributed by atoms with Gasteiger partial charge in [-0.15, -0.1) is 11.6 Å². The van der Waals surface area contributed by atoms with Gasteiger partial charge in [-0.25, -0.2) is 19.6 Å². The van der Waals surface area contributed by atoms with Gasteiger partial charge in [0.05, 0.1) is 40.6 Å². The van der Waals surface area contributed by atoms with Gasteiger partial charge in [0, 0.05) is 92.9 Å². The molecule has 0 radical (unpaired) electrons. The van der Waals surface area contributed by atoms with Gasteiger partial charge in [0.15, 0.2) is 17.1 Å². The Morgan fingerprint density at radius 1 is 0.700 bits per heavy atom. The molecule has 2 amide bonds. The Balaban J connectivity index is 0.000000190. The fraction of sp³-hybridized carbons (Fsp3) is 0.333. The number of aromatic nitrogens is 7. The largest absolute Gasteiger partial charge is 0.495 e. The number of rotatable bonds is 7. The second-order valence-corrected chi connectivity index (χ2v) is 17.2. The number of halogens is 4. The van der Waals surface area contributed by atoms with Gasteiger partial charge in [-0.3, -0.25) is 14.7 Å². The standard InChI is InChI=1S/C20H23ClN6O2.C13H16Cl2N2O2.C7H5ClN2.C7H8N4.CH4/c1-13-3-5-15-19(22)24-27(20(15)23-13)12-18(28)26-9-7-25(8-10-26)14-4-6-16(21)17(11-14)29-2;1-19-12-8-10(2-3-11(12)15)16-4-6-17(7-5-16)13(18)9-14;1-5-2-3-6(4-9)7(8)10-5;1-4-2-3-5-6(8)10-11-7(5)9-4;/h3-6,11H,7-10,12H2,1-2H3,(H2,22,24);2-3,8H,4-7,9H2,1H3;2-3H,1H3;2-3H,1H3,(H3,8,9,10,11);1H4. The Kier molecular flexibility index (Phi) is 19.5. The summed E-state index contributed by atoms with van der Waals surface area (Å²) in [5.74, 6) is 2.33. The summed E-state index contributed by atoms with van der Waals surface area (Å²) in [6.45, 7) is 11.4. The number of nitrogen functional groups attached to an aromatic ring is 2. The van der Waals surface area contributed by atoms with Crippen LogP contribution in [0.1, 0.15) is 30.1 Å². The lowest BCUT2D eigenvalue weighted by Gasteiger charge is -2.36. The number of benzene rings is 2.